The Balaban J connectivity index is 3.22. The van der Waals surface area contributed by atoms with Gasteiger partial charge in [-0.25, -0.2) is 18.6 Å². The van der Waals surface area contributed by atoms with Gasteiger partial charge in [0.15, 0.2) is 5.69 Å². The number of ether oxygens (including phenoxy) is 1. The Hall–Kier alpha value is -2.03. The smallest absolute Gasteiger partial charge is 0.358 e. The molecule has 0 aromatic carbocycles. The van der Waals surface area contributed by atoms with E-state index in [1.54, 1.807) is 6.07 Å². The summed E-state index contributed by atoms with van der Waals surface area (Å²) in [6.45, 7) is 0. The lowest BCUT2D eigenvalue weighted by Gasteiger charge is -2.03. The van der Waals surface area contributed by atoms with E-state index in [1.165, 1.54) is 0 Å². The summed E-state index contributed by atoms with van der Waals surface area (Å²) in [7, 11) is 1.12. The minimum atomic E-state index is -2.73. The fourth-order valence-electron chi connectivity index (χ4n) is 0.945. The van der Waals surface area contributed by atoms with Crippen molar-refractivity contribution in [1.82, 2.24) is 4.98 Å². The molecule has 0 N–H and O–H groups in total. The van der Waals surface area contributed by atoms with Crippen LogP contribution >= 0.6 is 0 Å². The molecular formula is C9H6F2N2O2. The third-order valence-electron chi connectivity index (χ3n) is 1.66. The Morgan fingerprint density at radius 1 is 1.67 bits per heavy atom. The maximum Gasteiger partial charge on any atom is 0.358 e. The van der Waals surface area contributed by atoms with Crippen molar-refractivity contribution in [2.45, 2.75) is 6.43 Å². The zero-order chi connectivity index (χ0) is 11.4. The second-order valence-electron chi connectivity index (χ2n) is 2.57. The third-order valence-corrected chi connectivity index (χ3v) is 1.66. The van der Waals surface area contributed by atoms with Crippen LogP contribution in [0.2, 0.25) is 0 Å². The van der Waals surface area contributed by atoms with Crippen LogP contribution in [0.25, 0.3) is 0 Å². The second-order valence-corrected chi connectivity index (χ2v) is 2.57. The molecule has 6 heteroatoms. The highest BCUT2D eigenvalue weighted by Gasteiger charge is 2.17. The van der Waals surface area contributed by atoms with Crippen molar-refractivity contribution >= 4 is 5.97 Å². The molecule has 0 amide bonds. The van der Waals surface area contributed by atoms with Gasteiger partial charge in [0.2, 0.25) is 0 Å². The highest BCUT2D eigenvalue weighted by Crippen LogP contribution is 2.20. The molecule has 1 aromatic heterocycles. The van der Waals surface area contributed by atoms with Gasteiger partial charge < -0.3 is 4.74 Å². The minimum Gasteiger partial charge on any atom is -0.464 e. The van der Waals surface area contributed by atoms with Crippen molar-refractivity contribution in [3.8, 4) is 6.07 Å². The molecule has 0 aliphatic heterocycles. The zero-order valence-electron chi connectivity index (χ0n) is 7.70. The fourth-order valence-corrected chi connectivity index (χ4v) is 0.945. The molecule has 0 atom stereocenters. The monoisotopic (exact) mass is 212 g/mol. The van der Waals surface area contributed by atoms with Crippen molar-refractivity contribution in [3.63, 3.8) is 0 Å². The average Bonchev–Trinajstić information content (AvgIpc) is 2.27. The maximum atomic E-state index is 12.2. The number of alkyl halides is 2. The highest BCUT2D eigenvalue weighted by molar-refractivity contribution is 5.89. The van der Waals surface area contributed by atoms with Gasteiger partial charge in [-0.2, -0.15) is 5.26 Å². The first kappa shape index (κ1) is 11.0. The number of carbonyl (C=O) groups excluding carboxylic acids is 1. The molecular weight excluding hydrogens is 206 g/mol. The van der Waals surface area contributed by atoms with Gasteiger partial charge in [-0.05, 0) is 6.07 Å². The summed E-state index contributed by atoms with van der Waals surface area (Å²) in [6, 6.07) is 2.53. The van der Waals surface area contributed by atoms with Crippen LogP contribution < -0.4 is 0 Å². The molecule has 0 aliphatic rings. The Morgan fingerprint density at radius 3 is 2.80 bits per heavy atom. The largest absolute Gasteiger partial charge is 0.464 e. The Morgan fingerprint density at radius 2 is 2.33 bits per heavy atom. The van der Waals surface area contributed by atoms with Gasteiger partial charge in [0.25, 0.3) is 6.43 Å². The number of halogens is 2. The van der Waals surface area contributed by atoms with E-state index in [0.717, 1.165) is 19.4 Å². The predicted molar refractivity (Wildman–Crippen MR) is 45.2 cm³/mol. The number of pyridine rings is 1. The molecule has 0 aliphatic carbocycles. The summed E-state index contributed by atoms with van der Waals surface area (Å²) in [6.07, 6.45) is -1.88. The third kappa shape index (κ3) is 2.26. The summed E-state index contributed by atoms with van der Waals surface area (Å²) in [5.41, 5.74) is -0.886. The van der Waals surface area contributed by atoms with E-state index >= 15 is 0 Å². The van der Waals surface area contributed by atoms with E-state index in [-0.39, 0.29) is 11.3 Å². The van der Waals surface area contributed by atoms with Gasteiger partial charge in [0.1, 0.15) is 6.07 Å². The van der Waals surface area contributed by atoms with Crippen molar-refractivity contribution in [2.75, 3.05) is 7.11 Å². The molecule has 0 spiro atoms. The lowest BCUT2D eigenvalue weighted by Crippen LogP contribution is -2.07. The highest BCUT2D eigenvalue weighted by atomic mass is 19.3. The molecule has 1 heterocycles. The van der Waals surface area contributed by atoms with Crippen molar-refractivity contribution in [3.05, 3.63) is 29.1 Å². The summed E-state index contributed by atoms with van der Waals surface area (Å²) in [5.74, 6) is -0.827. The second kappa shape index (κ2) is 4.46. The van der Waals surface area contributed by atoms with E-state index in [0.29, 0.717) is 0 Å². The van der Waals surface area contributed by atoms with Crippen LogP contribution in [-0.2, 0) is 4.74 Å². The number of rotatable bonds is 2. The van der Waals surface area contributed by atoms with Crippen LogP contribution in [0.15, 0.2) is 12.3 Å². The Kier molecular flexibility index (Phi) is 3.29. The molecule has 0 unspecified atom stereocenters. The zero-order valence-corrected chi connectivity index (χ0v) is 7.70. The summed E-state index contributed by atoms with van der Waals surface area (Å²) in [4.78, 5) is 14.5. The number of aromatic nitrogens is 1. The van der Waals surface area contributed by atoms with Gasteiger partial charge in [-0.15, -0.1) is 0 Å². The molecule has 15 heavy (non-hydrogen) atoms. The lowest BCUT2D eigenvalue weighted by atomic mass is 10.1. The first-order chi connectivity index (χ1) is 7.10. The molecule has 0 bridgehead atoms. The SMILES string of the molecule is COC(=O)c1ncc(C(F)F)cc1C#N. The molecule has 0 radical (unpaired) electrons. The van der Waals surface area contributed by atoms with Gasteiger partial charge >= 0.3 is 5.97 Å². The molecule has 0 saturated carbocycles. The molecule has 1 rings (SSSR count). The predicted octanol–water partition coefficient (Wildman–Crippen LogP) is 1.68. The first-order valence-corrected chi connectivity index (χ1v) is 3.86. The topological polar surface area (TPSA) is 63.0 Å². The van der Waals surface area contributed by atoms with Crippen molar-refractivity contribution in [1.29, 1.82) is 5.26 Å². The van der Waals surface area contributed by atoms with Crippen LogP contribution in [0, 0.1) is 11.3 Å². The van der Waals surface area contributed by atoms with Crippen molar-refractivity contribution < 1.29 is 18.3 Å². The van der Waals surface area contributed by atoms with Crippen LogP contribution in [0.4, 0.5) is 8.78 Å². The number of methoxy groups -OCH3 is 1. The van der Waals surface area contributed by atoms with Gasteiger partial charge in [-0.1, -0.05) is 0 Å². The summed E-state index contributed by atoms with van der Waals surface area (Å²) < 4.78 is 28.8. The minimum absolute atomic E-state index is 0.223. The van der Waals surface area contributed by atoms with Crippen LogP contribution in [0.3, 0.4) is 0 Å². The van der Waals surface area contributed by atoms with Crippen LogP contribution in [-0.4, -0.2) is 18.1 Å². The number of hydrogen-bond acceptors (Lipinski definition) is 4. The molecule has 0 fully saturated rings. The molecule has 0 saturated heterocycles. The fraction of sp³-hybridized carbons (Fsp3) is 0.222. The van der Waals surface area contributed by atoms with Gasteiger partial charge in [0.05, 0.1) is 12.7 Å². The Labute approximate surface area is 84.1 Å². The quantitative estimate of drug-likeness (QED) is 0.699. The van der Waals surface area contributed by atoms with E-state index in [9.17, 15) is 13.6 Å². The lowest BCUT2D eigenvalue weighted by molar-refractivity contribution is 0.0593. The molecule has 78 valence electrons. The van der Waals surface area contributed by atoms with E-state index < -0.39 is 18.0 Å². The van der Waals surface area contributed by atoms with Crippen LogP contribution in [0.5, 0.6) is 0 Å². The van der Waals surface area contributed by atoms with Crippen LogP contribution in [0.1, 0.15) is 28.0 Å². The van der Waals surface area contributed by atoms with E-state index in [2.05, 4.69) is 9.72 Å². The van der Waals surface area contributed by atoms with Crippen molar-refractivity contribution in [2.24, 2.45) is 0 Å². The average molecular weight is 212 g/mol. The molecule has 1 aromatic rings. The van der Waals surface area contributed by atoms with E-state index in [1.807, 2.05) is 0 Å². The van der Waals surface area contributed by atoms with Gasteiger partial charge in [-0.3, -0.25) is 0 Å². The number of nitrogens with zero attached hydrogens (tertiary/aromatic N) is 2. The number of carbonyl (C=O) groups is 1. The summed E-state index contributed by atoms with van der Waals surface area (Å²) in [5, 5.41) is 8.63. The van der Waals surface area contributed by atoms with E-state index in [4.69, 9.17) is 5.26 Å². The number of esters is 1. The summed E-state index contributed by atoms with van der Waals surface area (Å²) >= 11 is 0. The standard InChI is InChI=1S/C9H6F2N2O2/c1-15-9(14)7-5(3-12)2-6(4-13-7)8(10)11/h2,4,8H,1H3. The maximum absolute atomic E-state index is 12.2. The van der Waals surface area contributed by atoms with Gasteiger partial charge in [0, 0.05) is 11.8 Å². The Bertz CT molecular complexity index is 427. The number of hydrogen-bond donors (Lipinski definition) is 0. The number of nitriles is 1. The molecule has 4 nitrogen and oxygen atoms in total. The normalized spacial score (nSPS) is 9.80. The first-order valence-electron chi connectivity index (χ1n) is 3.86.